The largest absolute Gasteiger partial charge is 0.492 e. The lowest BCUT2D eigenvalue weighted by molar-refractivity contribution is 0.0984. The van der Waals surface area contributed by atoms with Gasteiger partial charge in [-0.2, -0.15) is 0 Å². The molecule has 4 aromatic heterocycles. The fourth-order valence-electron chi connectivity index (χ4n) is 5.02. The number of primary amides is 1. The Kier molecular flexibility index (Phi) is 5.63. The number of carbonyl (C=O) groups is 1. The molecule has 1 saturated carbocycles. The topological polar surface area (TPSA) is 114 Å². The molecule has 10 heteroatoms. The summed E-state index contributed by atoms with van der Waals surface area (Å²) in [4.78, 5) is 20.9. The number of nitrogens with zero attached hydrogens (tertiary/aromatic N) is 6. The Hall–Kier alpha value is -4.60. The Morgan fingerprint density at radius 2 is 1.97 bits per heavy atom. The van der Waals surface area contributed by atoms with Crippen LogP contribution in [-0.4, -0.2) is 41.8 Å². The molecule has 6 rings (SSSR count). The number of hydrogen-bond donors (Lipinski definition) is 1. The molecule has 186 valence electrons. The molecular formula is C27H24FN7O2. The van der Waals surface area contributed by atoms with Crippen LogP contribution in [0.1, 0.15) is 48.0 Å². The van der Waals surface area contributed by atoms with E-state index in [0.717, 1.165) is 10.9 Å². The van der Waals surface area contributed by atoms with Crippen LogP contribution in [-0.2, 0) is 0 Å². The molecule has 37 heavy (non-hydrogen) atoms. The van der Waals surface area contributed by atoms with Crippen molar-refractivity contribution in [1.29, 1.82) is 0 Å². The van der Waals surface area contributed by atoms with Crippen LogP contribution in [0.4, 0.5) is 4.39 Å². The third-order valence-electron chi connectivity index (χ3n) is 6.80. The Morgan fingerprint density at radius 1 is 1.14 bits per heavy atom. The maximum atomic E-state index is 15.0. The average molecular weight is 498 g/mol. The molecule has 1 amide bonds. The number of carbonyl (C=O) groups excluding carboxylic acids is 1. The molecule has 9 nitrogen and oxygen atoms in total. The highest BCUT2D eigenvalue weighted by molar-refractivity contribution is 5.97. The minimum absolute atomic E-state index is 0.0107. The lowest BCUT2D eigenvalue weighted by Gasteiger charge is -2.37. The number of rotatable bonds is 7. The predicted octanol–water partition coefficient (Wildman–Crippen LogP) is 4.43. The fourth-order valence-corrected chi connectivity index (χ4v) is 5.02. The van der Waals surface area contributed by atoms with Gasteiger partial charge in [0.1, 0.15) is 28.8 Å². The van der Waals surface area contributed by atoms with Gasteiger partial charge in [-0.1, -0.05) is 12.1 Å². The van der Waals surface area contributed by atoms with Crippen LogP contribution in [0.25, 0.3) is 28.1 Å². The zero-order valence-electron chi connectivity index (χ0n) is 20.1. The summed E-state index contributed by atoms with van der Waals surface area (Å²) in [5, 5.41) is 9.81. The van der Waals surface area contributed by atoms with Gasteiger partial charge in [0.05, 0.1) is 30.2 Å². The Labute approximate surface area is 211 Å². The number of pyridine rings is 2. The molecule has 1 aromatic carbocycles. The van der Waals surface area contributed by atoms with Crippen molar-refractivity contribution in [2.24, 2.45) is 5.73 Å². The molecule has 0 unspecified atom stereocenters. The fraction of sp³-hybridized carbons (Fsp3) is 0.222. The van der Waals surface area contributed by atoms with E-state index in [9.17, 15) is 4.79 Å². The quantitative estimate of drug-likeness (QED) is 0.356. The van der Waals surface area contributed by atoms with E-state index in [1.807, 2.05) is 23.6 Å². The maximum Gasteiger partial charge on any atom is 0.265 e. The summed E-state index contributed by atoms with van der Waals surface area (Å²) in [7, 11) is 0. The number of aromatic nitrogens is 6. The number of fused-ring (bicyclic) bond motifs is 1. The second-order valence-electron chi connectivity index (χ2n) is 9.00. The molecule has 0 aliphatic heterocycles. The van der Waals surface area contributed by atoms with Gasteiger partial charge in [0.25, 0.3) is 5.91 Å². The highest BCUT2D eigenvalue weighted by Gasteiger charge is 2.38. The molecule has 1 aliphatic rings. The molecule has 5 aromatic rings. The third kappa shape index (κ3) is 3.90. The molecule has 0 atom stereocenters. The van der Waals surface area contributed by atoms with E-state index in [-0.39, 0.29) is 17.8 Å². The minimum Gasteiger partial charge on any atom is -0.492 e. The van der Waals surface area contributed by atoms with Gasteiger partial charge in [0, 0.05) is 23.5 Å². The zero-order chi connectivity index (χ0) is 25.5. The van der Waals surface area contributed by atoms with E-state index in [1.54, 1.807) is 53.5 Å². The lowest BCUT2D eigenvalue weighted by Crippen LogP contribution is -2.30. The summed E-state index contributed by atoms with van der Waals surface area (Å²) in [6.07, 6.45) is 6.42. The number of benzene rings is 1. The van der Waals surface area contributed by atoms with Crippen LogP contribution >= 0.6 is 0 Å². The number of hydrogen-bond acceptors (Lipinski definition) is 6. The Morgan fingerprint density at radius 3 is 2.70 bits per heavy atom. The first-order chi connectivity index (χ1) is 18.0. The zero-order valence-corrected chi connectivity index (χ0v) is 20.1. The van der Waals surface area contributed by atoms with E-state index in [1.165, 1.54) is 6.07 Å². The van der Waals surface area contributed by atoms with E-state index in [2.05, 4.69) is 20.2 Å². The molecule has 1 aliphatic carbocycles. The van der Waals surface area contributed by atoms with Crippen molar-refractivity contribution in [3.63, 3.8) is 0 Å². The first-order valence-corrected chi connectivity index (χ1v) is 12.1. The summed E-state index contributed by atoms with van der Waals surface area (Å²) >= 11 is 0. The van der Waals surface area contributed by atoms with Crippen LogP contribution < -0.4 is 10.5 Å². The monoisotopic (exact) mass is 497 g/mol. The Balaban J connectivity index is 1.38. The highest BCUT2D eigenvalue weighted by atomic mass is 19.1. The smallest absolute Gasteiger partial charge is 0.265 e. The predicted molar refractivity (Wildman–Crippen MR) is 135 cm³/mol. The third-order valence-corrected chi connectivity index (χ3v) is 6.80. The number of halogens is 1. The van der Waals surface area contributed by atoms with E-state index >= 15 is 4.39 Å². The van der Waals surface area contributed by atoms with Crippen molar-refractivity contribution in [2.45, 2.75) is 31.7 Å². The summed E-state index contributed by atoms with van der Waals surface area (Å²) in [5.41, 5.74) is 7.90. The average Bonchev–Trinajstić information content (AvgIpc) is 3.47. The van der Waals surface area contributed by atoms with Crippen molar-refractivity contribution < 1.29 is 13.9 Å². The van der Waals surface area contributed by atoms with Gasteiger partial charge < -0.3 is 15.0 Å². The van der Waals surface area contributed by atoms with E-state index in [4.69, 9.17) is 10.5 Å². The summed E-state index contributed by atoms with van der Waals surface area (Å²) < 4.78 is 24.2. The summed E-state index contributed by atoms with van der Waals surface area (Å²) in [6, 6.07) is 13.8. The van der Waals surface area contributed by atoms with Gasteiger partial charge in [0.2, 0.25) is 0 Å². The highest BCUT2D eigenvalue weighted by Crippen LogP contribution is 2.47. The number of ether oxygens (including phenoxy) is 1. The second-order valence-corrected chi connectivity index (χ2v) is 9.00. The van der Waals surface area contributed by atoms with Crippen LogP contribution in [0.3, 0.4) is 0 Å². The summed E-state index contributed by atoms with van der Waals surface area (Å²) in [6.45, 7) is 2.43. The number of amides is 1. The summed E-state index contributed by atoms with van der Waals surface area (Å²) in [5.74, 6) is 0.845. The second kappa shape index (κ2) is 9.12. The van der Waals surface area contributed by atoms with Crippen LogP contribution in [0.5, 0.6) is 5.75 Å². The van der Waals surface area contributed by atoms with Gasteiger partial charge >= 0.3 is 0 Å². The molecule has 0 bridgehead atoms. The standard InChI is InChI=1S/C27H24FN7O2/c1-2-37-19-7-8-21(31-14-19)27-33-32-26(35(27)22-6-4-3-5-20(22)28)17-11-18(12-17)34-23(25(29)36)13-16-9-10-30-15-24(16)34/h3-10,13-15,17-18H,2,11-12H2,1H3,(H2,29,36). The van der Waals surface area contributed by atoms with Crippen molar-refractivity contribution in [1.82, 2.24) is 29.3 Å². The Bertz CT molecular complexity index is 1600. The first kappa shape index (κ1) is 22.8. The van der Waals surface area contributed by atoms with Crippen LogP contribution in [0, 0.1) is 5.82 Å². The lowest BCUT2D eigenvalue weighted by atomic mass is 9.79. The van der Waals surface area contributed by atoms with Crippen LogP contribution in [0.15, 0.2) is 67.1 Å². The van der Waals surface area contributed by atoms with Gasteiger partial charge in [-0.05, 0) is 56.2 Å². The maximum absolute atomic E-state index is 15.0. The molecule has 4 heterocycles. The molecule has 2 N–H and O–H groups in total. The van der Waals surface area contributed by atoms with Gasteiger partial charge in [-0.25, -0.2) is 9.37 Å². The molecule has 0 radical (unpaired) electrons. The van der Waals surface area contributed by atoms with Gasteiger partial charge in [-0.3, -0.25) is 14.3 Å². The van der Waals surface area contributed by atoms with E-state index in [0.29, 0.717) is 53.9 Å². The van der Waals surface area contributed by atoms with Crippen LogP contribution in [0.2, 0.25) is 0 Å². The number of nitrogens with two attached hydrogens (primary N) is 1. The van der Waals surface area contributed by atoms with E-state index < -0.39 is 5.91 Å². The van der Waals surface area contributed by atoms with Crippen molar-refractivity contribution in [3.05, 3.63) is 84.5 Å². The van der Waals surface area contributed by atoms with Crippen molar-refractivity contribution in [3.8, 4) is 23.0 Å². The molecule has 0 spiro atoms. The number of para-hydroxylation sites is 1. The van der Waals surface area contributed by atoms with Crippen molar-refractivity contribution >= 4 is 16.8 Å². The normalized spacial score (nSPS) is 17.0. The van der Waals surface area contributed by atoms with Gasteiger partial charge in [-0.15, -0.1) is 10.2 Å². The molecular weight excluding hydrogens is 473 g/mol. The molecule has 0 saturated heterocycles. The SMILES string of the molecule is CCOc1ccc(-c2nnc(C3CC(n4c(C(N)=O)cc5ccncc54)C3)n2-c2ccccc2F)nc1. The first-order valence-electron chi connectivity index (χ1n) is 12.1. The van der Waals surface area contributed by atoms with Gasteiger partial charge in [0.15, 0.2) is 5.82 Å². The minimum atomic E-state index is -0.488. The van der Waals surface area contributed by atoms with Crippen molar-refractivity contribution in [2.75, 3.05) is 6.61 Å². The molecule has 1 fully saturated rings.